The Kier molecular flexibility index (Phi) is 2.00. The van der Waals surface area contributed by atoms with Gasteiger partial charge in [0.15, 0.2) is 0 Å². The number of hydrogen-bond acceptors (Lipinski definition) is 2. The quantitative estimate of drug-likeness (QED) is 0.637. The van der Waals surface area contributed by atoms with Gasteiger partial charge in [0.2, 0.25) is 0 Å². The number of anilines is 1. The molecule has 1 aromatic carbocycles. The van der Waals surface area contributed by atoms with Gasteiger partial charge in [0.25, 0.3) is 0 Å². The van der Waals surface area contributed by atoms with Crippen LogP contribution in [0.3, 0.4) is 0 Å². The maximum absolute atomic E-state index is 5.83. The van der Waals surface area contributed by atoms with Crippen LogP contribution in [0.15, 0.2) is 24.3 Å². The second-order valence-electron chi connectivity index (χ2n) is 3.43. The molecule has 1 aliphatic heterocycles. The molecule has 1 heterocycles. The third kappa shape index (κ3) is 1.43. The Labute approximate surface area is 72.8 Å². The van der Waals surface area contributed by atoms with Crippen molar-refractivity contribution in [3.63, 3.8) is 0 Å². The number of benzene rings is 1. The van der Waals surface area contributed by atoms with E-state index in [4.69, 9.17) is 5.73 Å². The van der Waals surface area contributed by atoms with Crippen molar-refractivity contribution in [2.24, 2.45) is 5.92 Å². The molecule has 0 aliphatic carbocycles. The summed E-state index contributed by atoms with van der Waals surface area (Å²) in [6.07, 6.45) is 1.12. The van der Waals surface area contributed by atoms with Gasteiger partial charge in [-0.25, -0.2) is 0 Å². The Bertz CT molecular complexity index is 266. The predicted octanol–water partition coefficient (Wildman–Crippen LogP) is 1.03. The molecule has 1 aliphatic rings. The normalized spacial score (nSPS) is 17.3. The highest BCUT2D eigenvalue weighted by molar-refractivity contribution is 5.46. The molecule has 0 atom stereocenters. The van der Waals surface area contributed by atoms with Gasteiger partial charge in [-0.2, -0.15) is 0 Å². The Morgan fingerprint density at radius 1 is 1.33 bits per heavy atom. The average molecular weight is 162 g/mol. The van der Waals surface area contributed by atoms with Crippen molar-refractivity contribution in [2.75, 3.05) is 18.8 Å². The molecule has 2 heteroatoms. The molecule has 0 aromatic heterocycles. The van der Waals surface area contributed by atoms with E-state index in [2.05, 4.69) is 17.4 Å². The summed E-state index contributed by atoms with van der Waals surface area (Å²) >= 11 is 0. The lowest BCUT2D eigenvalue weighted by atomic mass is 9.94. The zero-order valence-electron chi connectivity index (χ0n) is 7.09. The largest absolute Gasteiger partial charge is 0.399 e. The van der Waals surface area contributed by atoms with Crippen molar-refractivity contribution in [1.29, 1.82) is 0 Å². The minimum atomic E-state index is 0.801. The van der Waals surface area contributed by atoms with Crippen LogP contribution in [0.25, 0.3) is 0 Å². The van der Waals surface area contributed by atoms with E-state index < -0.39 is 0 Å². The summed E-state index contributed by atoms with van der Waals surface area (Å²) in [5, 5.41) is 3.26. The zero-order valence-corrected chi connectivity index (χ0v) is 7.09. The first-order chi connectivity index (χ1) is 5.86. The first-order valence-corrected chi connectivity index (χ1v) is 4.40. The number of rotatable bonds is 2. The number of nitrogens with one attached hydrogen (secondary N) is 1. The molecule has 0 spiro atoms. The van der Waals surface area contributed by atoms with Gasteiger partial charge in [-0.05, 0) is 37.1 Å². The van der Waals surface area contributed by atoms with Crippen LogP contribution in [-0.4, -0.2) is 13.1 Å². The van der Waals surface area contributed by atoms with Gasteiger partial charge in [0.05, 0.1) is 0 Å². The molecule has 2 nitrogen and oxygen atoms in total. The fraction of sp³-hybridized carbons (Fsp3) is 0.400. The van der Waals surface area contributed by atoms with E-state index >= 15 is 0 Å². The standard InChI is InChI=1S/C10H14N2/c11-10-4-2-1-3-9(10)5-8-6-12-7-8/h1-4,8,12H,5-7,11H2. The average Bonchev–Trinajstić information content (AvgIpc) is 2.00. The van der Waals surface area contributed by atoms with Crippen molar-refractivity contribution in [3.05, 3.63) is 29.8 Å². The molecule has 0 unspecified atom stereocenters. The van der Waals surface area contributed by atoms with Crippen LogP contribution in [0, 0.1) is 5.92 Å². The summed E-state index contributed by atoms with van der Waals surface area (Å²) in [6, 6.07) is 8.13. The first kappa shape index (κ1) is 7.62. The van der Waals surface area contributed by atoms with Gasteiger partial charge in [-0.3, -0.25) is 0 Å². The van der Waals surface area contributed by atoms with E-state index in [-0.39, 0.29) is 0 Å². The van der Waals surface area contributed by atoms with Crippen molar-refractivity contribution in [2.45, 2.75) is 6.42 Å². The van der Waals surface area contributed by atoms with E-state index in [1.807, 2.05) is 12.1 Å². The summed E-state index contributed by atoms with van der Waals surface area (Å²) in [7, 11) is 0. The van der Waals surface area contributed by atoms with Crippen LogP contribution < -0.4 is 11.1 Å². The zero-order chi connectivity index (χ0) is 8.39. The molecular formula is C10H14N2. The van der Waals surface area contributed by atoms with E-state index in [0.717, 1.165) is 31.1 Å². The summed E-state index contributed by atoms with van der Waals surface area (Å²) in [4.78, 5) is 0. The van der Waals surface area contributed by atoms with Crippen LogP contribution in [0.4, 0.5) is 5.69 Å². The van der Waals surface area contributed by atoms with Gasteiger partial charge >= 0.3 is 0 Å². The van der Waals surface area contributed by atoms with Gasteiger partial charge in [-0.15, -0.1) is 0 Å². The Morgan fingerprint density at radius 2 is 2.08 bits per heavy atom. The molecule has 1 saturated heterocycles. The lowest BCUT2D eigenvalue weighted by Crippen LogP contribution is -2.43. The van der Waals surface area contributed by atoms with Crippen LogP contribution >= 0.6 is 0 Å². The Hall–Kier alpha value is -1.02. The lowest BCUT2D eigenvalue weighted by molar-refractivity contribution is 0.347. The van der Waals surface area contributed by atoms with Gasteiger partial charge in [0.1, 0.15) is 0 Å². The summed E-state index contributed by atoms with van der Waals surface area (Å²) in [6.45, 7) is 2.29. The van der Waals surface area contributed by atoms with Crippen molar-refractivity contribution in [3.8, 4) is 0 Å². The summed E-state index contributed by atoms with van der Waals surface area (Å²) < 4.78 is 0. The summed E-state index contributed by atoms with van der Waals surface area (Å²) in [5.41, 5.74) is 8.06. The smallest absolute Gasteiger partial charge is 0.0346 e. The summed E-state index contributed by atoms with van der Waals surface area (Å²) in [5.74, 6) is 0.801. The number of para-hydroxylation sites is 1. The highest BCUT2D eigenvalue weighted by Gasteiger charge is 2.17. The molecule has 12 heavy (non-hydrogen) atoms. The molecule has 0 saturated carbocycles. The molecule has 64 valence electrons. The van der Waals surface area contributed by atoms with Gasteiger partial charge < -0.3 is 11.1 Å². The van der Waals surface area contributed by atoms with Crippen LogP contribution in [0.1, 0.15) is 5.56 Å². The van der Waals surface area contributed by atoms with Crippen LogP contribution in [0.5, 0.6) is 0 Å². The second kappa shape index (κ2) is 3.15. The van der Waals surface area contributed by atoms with Gasteiger partial charge in [0, 0.05) is 5.69 Å². The molecule has 1 fully saturated rings. The maximum atomic E-state index is 5.83. The molecule has 0 bridgehead atoms. The monoisotopic (exact) mass is 162 g/mol. The molecule has 1 aromatic rings. The number of nitrogen functional groups attached to an aromatic ring is 1. The predicted molar refractivity (Wildman–Crippen MR) is 50.9 cm³/mol. The highest BCUT2D eigenvalue weighted by atomic mass is 14.9. The third-order valence-electron chi connectivity index (χ3n) is 2.43. The first-order valence-electron chi connectivity index (χ1n) is 4.40. The van der Waals surface area contributed by atoms with E-state index in [0.29, 0.717) is 0 Å². The van der Waals surface area contributed by atoms with Crippen LogP contribution in [0.2, 0.25) is 0 Å². The van der Waals surface area contributed by atoms with Crippen molar-refractivity contribution >= 4 is 5.69 Å². The van der Waals surface area contributed by atoms with E-state index in [9.17, 15) is 0 Å². The van der Waals surface area contributed by atoms with E-state index in [1.165, 1.54) is 5.56 Å². The fourth-order valence-electron chi connectivity index (χ4n) is 1.52. The minimum absolute atomic E-state index is 0.801. The molecule has 0 radical (unpaired) electrons. The second-order valence-corrected chi connectivity index (χ2v) is 3.43. The van der Waals surface area contributed by atoms with Crippen molar-refractivity contribution < 1.29 is 0 Å². The molecule has 0 amide bonds. The van der Waals surface area contributed by atoms with E-state index in [1.54, 1.807) is 0 Å². The fourth-order valence-corrected chi connectivity index (χ4v) is 1.52. The lowest BCUT2D eigenvalue weighted by Gasteiger charge is -2.27. The van der Waals surface area contributed by atoms with Crippen LogP contribution in [-0.2, 0) is 6.42 Å². The Morgan fingerprint density at radius 3 is 2.67 bits per heavy atom. The topological polar surface area (TPSA) is 38.0 Å². The molecule has 2 rings (SSSR count). The highest BCUT2D eigenvalue weighted by Crippen LogP contribution is 2.17. The number of nitrogens with two attached hydrogens (primary N) is 1. The third-order valence-corrected chi connectivity index (χ3v) is 2.43. The SMILES string of the molecule is Nc1ccccc1CC1CNC1. The van der Waals surface area contributed by atoms with Gasteiger partial charge in [-0.1, -0.05) is 18.2 Å². The minimum Gasteiger partial charge on any atom is -0.399 e. The molecular weight excluding hydrogens is 148 g/mol. The molecule has 3 N–H and O–H groups in total. The Balaban J connectivity index is 2.06. The van der Waals surface area contributed by atoms with Crippen molar-refractivity contribution in [1.82, 2.24) is 5.32 Å². The maximum Gasteiger partial charge on any atom is 0.0346 e. The number of hydrogen-bond donors (Lipinski definition) is 2.